The Morgan fingerprint density at radius 2 is 1.53 bits per heavy atom. The average Bonchev–Trinajstić information content (AvgIpc) is 3.42. The van der Waals surface area contributed by atoms with Crippen molar-refractivity contribution in [3.63, 3.8) is 0 Å². The third-order valence-electron chi connectivity index (χ3n) is 4.91. The number of benzene rings is 3. The molecule has 0 saturated carbocycles. The van der Waals surface area contributed by atoms with E-state index >= 15 is 0 Å². The van der Waals surface area contributed by atoms with Crippen molar-refractivity contribution in [1.29, 1.82) is 0 Å². The maximum Gasteiger partial charge on any atom is 0.196 e. The van der Waals surface area contributed by atoms with Crippen LogP contribution in [0.15, 0.2) is 95.0 Å². The van der Waals surface area contributed by atoms with Crippen LogP contribution in [-0.2, 0) is 21.3 Å². The van der Waals surface area contributed by atoms with E-state index in [-0.39, 0.29) is 10.6 Å². The molecule has 0 spiro atoms. The lowest BCUT2D eigenvalue weighted by Crippen LogP contribution is -2.11. The summed E-state index contributed by atoms with van der Waals surface area (Å²) in [6.07, 6.45) is 0. The fourth-order valence-corrected chi connectivity index (χ4v) is 5.52. The molecule has 5 rings (SSSR count). The molecule has 0 aliphatic carbocycles. The minimum atomic E-state index is -3.57. The first kappa shape index (κ1) is 20.5. The molecule has 7 nitrogen and oxygen atoms in total. The van der Waals surface area contributed by atoms with Crippen molar-refractivity contribution in [3.05, 3.63) is 96.6 Å². The summed E-state index contributed by atoms with van der Waals surface area (Å²) in [4.78, 5) is 8.18. The summed E-state index contributed by atoms with van der Waals surface area (Å²) in [7, 11) is -3.57. The third-order valence-corrected chi connectivity index (χ3v) is 7.48. The molecule has 2 heterocycles. The van der Waals surface area contributed by atoms with Gasteiger partial charge in [-0.05, 0) is 36.4 Å². The van der Waals surface area contributed by atoms with Crippen LogP contribution in [0.1, 0.15) is 11.6 Å². The van der Waals surface area contributed by atoms with Crippen molar-refractivity contribution < 1.29 is 8.42 Å². The first-order valence-electron chi connectivity index (χ1n) is 9.94. The summed E-state index contributed by atoms with van der Waals surface area (Å²) in [6.45, 7) is 0. The highest BCUT2D eigenvalue weighted by molar-refractivity contribution is 7.98. The summed E-state index contributed by atoms with van der Waals surface area (Å²) in [5, 5.41) is 9.16. The molecule has 0 aliphatic rings. The Bertz CT molecular complexity index is 1430. The van der Waals surface area contributed by atoms with Gasteiger partial charge >= 0.3 is 0 Å². The Labute approximate surface area is 189 Å². The number of para-hydroxylation sites is 3. The van der Waals surface area contributed by atoms with Gasteiger partial charge in [0.15, 0.2) is 20.8 Å². The van der Waals surface area contributed by atoms with Gasteiger partial charge in [-0.2, -0.15) is 0 Å². The van der Waals surface area contributed by atoms with Crippen LogP contribution in [0.4, 0.5) is 0 Å². The molecule has 0 aliphatic heterocycles. The second-order valence-corrected chi connectivity index (χ2v) is 10.1. The molecule has 9 heteroatoms. The zero-order valence-corrected chi connectivity index (χ0v) is 18.6. The van der Waals surface area contributed by atoms with E-state index in [0.29, 0.717) is 16.7 Å². The van der Waals surface area contributed by atoms with Gasteiger partial charge in [-0.3, -0.25) is 4.57 Å². The van der Waals surface area contributed by atoms with Crippen molar-refractivity contribution in [1.82, 2.24) is 24.7 Å². The molecule has 0 fully saturated rings. The summed E-state index contributed by atoms with van der Waals surface area (Å²) in [5.74, 6) is 1.49. The van der Waals surface area contributed by atoms with Crippen molar-refractivity contribution in [2.45, 2.75) is 21.6 Å². The van der Waals surface area contributed by atoms with Gasteiger partial charge in [-0.25, -0.2) is 13.4 Å². The monoisotopic (exact) mass is 461 g/mol. The number of rotatable bonds is 7. The Morgan fingerprint density at radius 1 is 0.844 bits per heavy atom. The number of hydrogen-bond donors (Lipinski definition) is 1. The number of imidazole rings is 1. The fraction of sp³-hybridized carbons (Fsp3) is 0.0870. The molecule has 0 saturated heterocycles. The lowest BCUT2D eigenvalue weighted by atomic mass is 10.3. The van der Waals surface area contributed by atoms with E-state index in [0.717, 1.165) is 22.5 Å². The molecule has 5 aromatic rings. The van der Waals surface area contributed by atoms with Gasteiger partial charge in [0, 0.05) is 5.69 Å². The fourth-order valence-electron chi connectivity index (χ4n) is 3.41. The molecule has 0 radical (unpaired) electrons. The topological polar surface area (TPSA) is 93.5 Å². The SMILES string of the molecule is O=S(=O)(Cc1nnc(SCc2nc3ccccc3[nH]2)n1-c1ccccc1)c1ccccc1. The van der Waals surface area contributed by atoms with Crippen LogP contribution in [0, 0.1) is 0 Å². The molecular weight excluding hydrogens is 442 g/mol. The van der Waals surface area contributed by atoms with E-state index in [1.165, 1.54) is 11.8 Å². The summed E-state index contributed by atoms with van der Waals surface area (Å²) in [5.41, 5.74) is 2.69. The second kappa shape index (κ2) is 8.60. The molecule has 0 amide bonds. The average molecular weight is 462 g/mol. The van der Waals surface area contributed by atoms with Crippen LogP contribution in [-0.4, -0.2) is 33.2 Å². The zero-order chi connectivity index (χ0) is 22.0. The van der Waals surface area contributed by atoms with E-state index in [2.05, 4.69) is 20.2 Å². The Balaban J connectivity index is 1.47. The van der Waals surface area contributed by atoms with E-state index in [1.807, 2.05) is 54.6 Å². The van der Waals surface area contributed by atoms with Gasteiger partial charge < -0.3 is 4.98 Å². The van der Waals surface area contributed by atoms with E-state index in [1.54, 1.807) is 34.9 Å². The number of sulfone groups is 1. The normalized spacial score (nSPS) is 11.8. The Kier molecular flexibility index (Phi) is 5.50. The number of nitrogens with one attached hydrogen (secondary N) is 1. The van der Waals surface area contributed by atoms with Crippen LogP contribution in [0.25, 0.3) is 16.7 Å². The molecule has 0 bridgehead atoms. The van der Waals surface area contributed by atoms with Gasteiger partial charge in [-0.15, -0.1) is 10.2 Å². The van der Waals surface area contributed by atoms with E-state index in [4.69, 9.17) is 0 Å². The smallest absolute Gasteiger partial charge is 0.196 e. The van der Waals surface area contributed by atoms with E-state index in [9.17, 15) is 8.42 Å². The predicted molar refractivity (Wildman–Crippen MR) is 124 cm³/mol. The van der Waals surface area contributed by atoms with Crippen molar-refractivity contribution in [3.8, 4) is 5.69 Å². The number of aromatic amines is 1. The summed E-state index contributed by atoms with van der Waals surface area (Å²) in [6, 6.07) is 25.8. The quantitative estimate of drug-likeness (QED) is 0.361. The van der Waals surface area contributed by atoms with Crippen LogP contribution >= 0.6 is 11.8 Å². The number of hydrogen-bond acceptors (Lipinski definition) is 6. The van der Waals surface area contributed by atoms with Crippen molar-refractivity contribution >= 4 is 32.6 Å². The first-order valence-corrected chi connectivity index (χ1v) is 12.6. The van der Waals surface area contributed by atoms with Gasteiger partial charge in [0.25, 0.3) is 0 Å². The molecule has 160 valence electrons. The Morgan fingerprint density at radius 3 is 2.28 bits per heavy atom. The summed E-state index contributed by atoms with van der Waals surface area (Å²) >= 11 is 1.45. The number of fused-ring (bicyclic) bond motifs is 1. The van der Waals surface area contributed by atoms with Gasteiger partial charge in [0.05, 0.1) is 21.7 Å². The van der Waals surface area contributed by atoms with Crippen LogP contribution < -0.4 is 0 Å². The molecular formula is C23H19N5O2S2. The second-order valence-electron chi connectivity index (χ2n) is 7.13. The van der Waals surface area contributed by atoms with Gasteiger partial charge in [-0.1, -0.05) is 60.3 Å². The molecule has 32 heavy (non-hydrogen) atoms. The number of nitrogens with zero attached hydrogens (tertiary/aromatic N) is 4. The molecule has 2 aromatic heterocycles. The molecule has 1 N–H and O–H groups in total. The van der Waals surface area contributed by atoms with Crippen LogP contribution in [0.3, 0.4) is 0 Å². The van der Waals surface area contributed by atoms with Gasteiger partial charge in [0.1, 0.15) is 11.6 Å². The molecule has 0 atom stereocenters. The number of aromatic nitrogens is 5. The van der Waals surface area contributed by atoms with Crippen LogP contribution in [0.5, 0.6) is 0 Å². The lowest BCUT2D eigenvalue weighted by molar-refractivity contribution is 0.593. The summed E-state index contributed by atoms with van der Waals surface area (Å²) < 4.78 is 27.7. The highest BCUT2D eigenvalue weighted by Crippen LogP contribution is 2.27. The Hall–Kier alpha value is -3.43. The molecule has 0 unspecified atom stereocenters. The van der Waals surface area contributed by atoms with Crippen molar-refractivity contribution in [2.24, 2.45) is 0 Å². The van der Waals surface area contributed by atoms with Crippen LogP contribution in [0.2, 0.25) is 0 Å². The predicted octanol–water partition coefficient (Wildman–Crippen LogP) is 4.41. The highest BCUT2D eigenvalue weighted by Gasteiger charge is 2.22. The maximum absolute atomic E-state index is 13.0. The van der Waals surface area contributed by atoms with Crippen molar-refractivity contribution in [2.75, 3.05) is 0 Å². The minimum absolute atomic E-state index is 0.246. The maximum atomic E-state index is 13.0. The first-order chi connectivity index (χ1) is 15.6. The standard InChI is InChI=1S/C23H19N5O2S2/c29-32(30,18-11-5-2-6-12-18)16-22-26-27-23(28(22)17-9-3-1-4-10-17)31-15-21-24-19-13-7-8-14-20(19)25-21/h1-14H,15-16H2,(H,24,25). The number of thioether (sulfide) groups is 1. The third kappa shape index (κ3) is 4.17. The largest absolute Gasteiger partial charge is 0.341 e. The van der Waals surface area contributed by atoms with Gasteiger partial charge in [0.2, 0.25) is 0 Å². The zero-order valence-electron chi connectivity index (χ0n) is 16.9. The lowest BCUT2D eigenvalue weighted by Gasteiger charge is -2.10. The number of H-pyrrole nitrogens is 1. The molecule has 3 aromatic carbocycles. The minimum Gasteiger partial charge on any atom is -0.341 e. The highest BCUT2D eigenvalue weighted by atomic mass is 32.2. The van der Waals surface area contributed by atoms with E-state index < -0.39 is 9.84 Å².